The molecule has 1 aliphatic heterocycles. The molecule has 2 N–H and O–H groups in total. The van der Waals surface area contributed by atoms with Crippen LogP contribution in [-0.4, -0.2) is 43.0 Å². The van der Waals surface area contributed by atoms with E-state index in [1.54, 1.807) is 6.92 Å². The molecule has 1 heterocycles. The third-order valence-corrected chi connectivity index (χ3v) is 1.85. The number of hydrogen-bond acceptors (Lipinski definition) is 6. The topological polar surface area (TPSA) is 103 Å². The summed E-state index contributed by atoms with van der Waals surface area (Å²) in [6.07, 6.45) is 0. The highest BCUT2D eigenvalue weighted by molar-refractivity contribution is 5.82. The molecule has 8 heteroatoms. The van der Waals surface area contributed by atoms with Crippen LogP contribution in [0.5, 0.6) is 0 Å². The Bertz CT molecular complexity index is 241. The molecule has 8 nitrogen and oxygen atoms in total. The van der Waals surface area contributed by atoms with Crippen LogP contribution in [0, 0.1) is 10.1 Å². The average Bonchev–Trinajstić information content (AvgIpc) is 2.67. The van der Waals surface area contributed by atoms with Gasteiger partial charge in [-0.1, -0.05) is 0 Å². The van der Waals surface area contributed by atoms with Gasteiger partial charge in [0.15, 0.2) is 0 Å². The van der Waals surface area contributed by atoms with E-state index in [0.29, 0.717) is 13.3 Å². The molecule has 0 radical (unpaired) electrons. The van der Waals surface area contributed by atoms with Crippen LogP contribution < -0.4 is 10.6 Å². The number of amides is 1. The van der Waals surface area contributed by atoms with Crippen LogP contribution in [0.4, 0.5) is 0 Å². The summed E-state index contributed by atoms with van der Waals surface area (Å²) in [5.74, 6) is -0.244. The van der Waals surface area contributed by atoms with Crippen molar-refractivity contribution in [1.82, 2.24) is 10.6 Å². The van der Waals surface area contributed by atoms with E-state index in [1.807, 2.05) is 0 Å². The smallest absolute Gasteiger partial charge is 0.294 e. The van der Waals surface area contributed by atoms with Crippen molar-refractivity contribution in [2.45, 2.75) is 19.0 Å². The zero-order valence-electron chi connectivity index (χ0n) is 8.26. The Morgan fingerprint density at radius 1 is 1.87 bits per heavy atom. The van der Waals surface area contributed by atoms with Crippen LogP contribution in [0.15, 0.2) is 0 Å². The van der Waals surface area contributed by atoms with E-state index < -0.39 is 11.1 Å². The molecular formula is C7H13N3O5. The van der Waals surface area contributed by atoms with E-state index in [1.165, 1.54) is 0 Å². The molecule has 1 aliphatic rings. The van der Waals surface area contributed by atoms with E-state index >= 15 is 0 Å². The molecule has 0 spiro atoms. The van der Waals surface area contributed by atoms with E-state index in [4.69, 9.17) is 4.74 Å². The number of hydrogen-bond donors (Lipinski definition) is 2. The summed E-state index contributed by atoms with van der Waals surface area (Å²) in [5, 5.41) is 14.4. The Labute approximate surface area is 86.0 Å². The molecule has 0 aromatic carbocycles. The lowest BCUT2D eigenvalue weighted by molar-refractivity contribution is -0.758. The highest BCUT2D eigenvalue weighted by Gasteiger charge is 2.23. The van der Waals surface area contributed by atoms with Crippen LogP contribution in [0.2, 0.25) is 0 Å². The zero-order chi connectivity index (χ0) is 11.3. The molecule has 0 aliphatic carbocycles. The minimum absolute atomic E-state index is 0.160. The van der Waals surface area contributed by atoms with E-state index in [-0.39, 0.29) is 18.6 Å². The van der Waals surface area contributed by atoms with Gasteiger partial charge < -0.3 is 14.9 Å². The fraction of sp³-hybridized carbons (Fsp3) is 0.857. The SMILES string of the molecule is C[C@@H](CO[N+](=O)[O-])NC(=O)C1COCN1. The van der Waals surface area contributed by atoms with Crippen LogP contribution in [-0.2, 0) is 14.4 Å². The molecule has 1 saturated heterocycles. The maximum Gasteiger partial charge on any atom is 0.294 e. The molecule has 1 rings (SSSR count). The maximum atomic E-state index is 11.4. The van der Waals surface area contributed by atoms with Crippen molar-refractivity contribution in [3.63, 3.8) is 0 Å². The predicted molar refractivity (Wildman–Crippen MR) is 48.3 cm³/mol. The summed E-state index contributed by atoms with van der Waals surface area (Å²) in [6, 6.07) is -0.798. The third kappa shape index (κ3) is 4.09. The molecule has 0 saturated carbocycles. The molecule has 0 aromatic heterocycles. The fourth-order valence-electron chi connectivity index (χ4n) is 1.12. The largest absolute Gasteiger partial charge is 0.364 e. The first-order chi connectivity index (χ1) is 7.09. The number of nitrogens with one attached hydrogen (secondary N) is 2. The predicted octanol–water partition coefficient (Wildman–Crippen LogP) is -1.35. The highest BCUT2D eigenvalue weighted by atomic mass is 16.9. The molecule has 0 aromatic rings. The summed E-state index contributed by atoms with van der Waals surface area (Å²) < 4.78 is 4.95. The third-order valence-electron chi connectivity index (χ3n) is 1.85. The van der Waals surface area contributed by atoms with Crippen molar-refractivity contribution in [3.8, 4) is 0 Å². The van der Waals surface area contributed by atoms with Gasteiger partial charge in [-0.3, -0.25) is 10.1 Å². The Morgan fingerprint density at radius 3 is 3.13 bits per heavy atom. The molecule has 1 fully saturated rings. The summed E-state index contributed by atoms with van der Waals surface area (Å²) in [4.78, 5) is 25.4. The van der Waals surface area contributed by atoms with Gasteiger partial charge in [-0.2, -0.15) is 0 Å². The number of carbonyl (C=O) groups is 1. The first kappa shape index (κ1) is 11.7. The van der Waals surface area contributed by atoms with Crippen molar-refractivity contribution < 1.29 is 19.5 Å². The Morgan fingerprint density at radius 2 is 2.60 bits per heavy atom. The minimum atomic E-state index is -0.889. The second-order valence-electron chi connectivity index (χ2n) is 3.20. The normalized spacial score (nSPS) is 22.1. The van der Waals surface area contributed by atoms with Crippen molar-refractivity contribution in [1.29, 1.82) is 0 Å². The number of nitrogens with zero attached hydrogens (tertiary/aromatic N) is 1. The summed E-state index contributed by atoms with van der Waals surface area (Å²) >= 11 is 0. The number of rotatable bonds is 5. The van der Waals surface area contributed by atoms with E-state index in [9.17, 15) is 14.9 Å². The lowest BCUT2D eigenvalue weighted by Crippen LogP contribution is -2.47. The standard InChI is InChI=1S/C7H13N3O5/c1-5(2-15-10(12)13)9-7(11)6-3-14-4-8-6/h5-6,8H,2-4H2,1H3,(H,9,11)/t5-,6?/m0/s1. The summed E-state index contributed by atoms with van der Waals surface area (Å²) in [5.41, 5.74) is 0. The molecule has 2 atom stereocenters. The van der Waals surface area contributed by atoms with E-state index in [2.05, 4.69) is 15.5 Å². The average molecular weight is 219 g/mol. The second-order valence-corrected chi connectivity index (χ2v) is 3.20. The van der Waals surface area contributed by atoms with Gasteiger partial charge in [0.05, 0.1) is 13.3 Å². The first-order valence-corrected chi connectivity index (χ1v) is 4.48. The van der Waals surface area contributed by atoms with Crippen molar-refractivity contribution in [2.75, 3.05) is 19.9 Å². The van der Waals surface area contributed by atoms with Gasteiger partial charge in [0, 0.05) is 6.04 Å². The Hall–Kier alpha value is -1.41. The highest BCUT2D eigenvalue weighted by Crippen LogP contribution is 1.95. The summed E-state index contributed by atoms with van der Waals surface area (Å²) in [6.45, 7) is 2.12. The lowest BCUT2D eigenvalue weighted by atomic mass is 10.2. The monoisotopic (exact) mass is 219 g/mol. The van der Waals surface area contributed by atoms with Gasteiger partial charge in [-0.25, -0.2) is 0 Å². The van der Waals surface area contributed by atoms with Crippen LogP contribution >= 0.6 is 0 Å². The van der Waals surface area contributed by atoms with Gasteiger partial charge >= 0.3 is 0 Å². The quantitative estimate of drug-likeness (QED) is 0.437. The second kappa shape index (κ2) is 5.47. The zero-order valence-corrected chi connectivity index (χ0v) is 8.26. The van der Waals surface area contributed by atoms with Gasteiger partial charge in [-0.15, -0.1) is 10.1 Å². The van der Waals surface area contributed by atoms with Crippen molar-refractivity contribution in [3.05, 3.63) is 10.1 Å². The molecule has 86 valence electrons. The lowest BCUT2D eigenvalue weighted by Gasteiger charge is -2.15. The van der Waals surface area contributed by atoms with Crippen molar-refractivity contribution in [2.24, 2.45) is 0 Å². The molecule has 1 amide bonds. The van der Waals surface area contributed by atoms with Gasteiger partial charge in [0.2, 0.25) is 5.91 Å². The van der Waals surface area contributed by atoms with Crippen LogP contribution in [0.25, 0.3) is 0 Å². The van der Waals surface area contributed by atoms with Gasteiger partial charge in [-0.05, 0) is 6.92 Å². The Kier molecular flexibility index (Phi) is 4.25. The minimum Gasteiger partial charge on any atom is -0.364 e. The number of carbonyl (C=O) groups excluding carboxylic acids is 1. The van der Waals surface area contributed by atoms with Gasteiger partial charge in [0.1, 0.15) is 12.6 Å². The first-order valence-electron chi connectivity index (χ1n) is 4.48. The maximum absolute atomic E-state index is 11.4. The molecule has 15 heavy (non-hydrogen) atoms. The van der Waals surface area contributed by atoms with Gasteiger partial charge in [0.25, 0.3) is 5.09 Å². The fourth-order valence-corrected chi connectivity index (χ4v) is 1.12. The number of ether oxygens (including phenoxy) is 1. The van der Waals surface area contributed by atoms with Crippen LogP contribution in [0.1, 0.15) is 6.92 Å². The Balaban J connectivity index is 2.21. The molecular weight excluding hydrogens is 206 g/mol. The van der Waals surface area contributed by atoms with Crippen LogP contribution in [0.3, 0.4) is 0 Å². The molecule has 0 bridgehead atoms. The summed E-state index contributed by atoms with van der Waals surface area (Å²) in [7, 11) is 0. The molecule has 1 unspecified atom stereocenters. The van der Waals surface area contributed by atoms with E-state index in [0.717, 1.165) is 0 Å². The van der Waals surface area contributed by atoms with Crippen molar-refractivity contribution >= 4 is 5.91 Å².